The number of rotatable bonds is 5. The van der Waals surface area contributed by atoms with Crippen molar-refractivity contribution < 1.29 is 14.3 Å². The summed E-state index contributed by atoms with van der Waals surface area (Å²) in [6.45, 7) is 3.61. The number of likely N-dealkylation sites (tertiary alicyclic amines) is 1. The summed E-state index contributed by atoms with van der Waals surface area (Å²) in [6, 6.07) is 8.17. The number of piperidine rings is 1. The molecule has 0 radical (unpaired) electrons. The lowest BCUT2D eigenvalue weighted by molar-refractivity contribution is -0.124. The number of primary amides is 1. The Morgan fingerprint density at radius 3 is 2.74 bits per heavy atom. The second-order valence-corrected chi connectivity index (χ2v) is 6.56. The number of ether oxygens (including phenoxy) is 2. The van der Waals surface area contributed by atoms with Crippen LogP contribution in [0.15, 0.2) is 24.3 Å². The van der Waals surface area contributed by atoms with Crippen molar-refractivity contribution in [3.8, 4) is 5.75 Å². The van der Waals surface area contributed by atoms with E-state index in [0.29, 0.717) is 12.5 Å². The molecule has 1 amide bonds. The highest BCUT2D eigenvalue weighted by Gasteiger charge is 2.39. The van der Waals surface area contributed by atoms with Gasteiger partial charge in [-0.1, -0.05) is 18.2 Å². The molecule has 0 unspecified atom stereocenters. The summed E-state index contributed by atoms with van der Waals surface area (Å²) in [5.74, 6) is 1.09. The van der Waals surface area contributed by atoms with Crippen molar-refractivity contribution in [3.63, 3.8) is 0 Å². The number of nitrogens with two attached hydrogens (primary N) is 1. The highest BCUT2D eigenvalue weighted by Crippen LogP contribution is 2.33. The minimum absolute atomic E-state index is 0.0286. The third kappa shape index (κ3) is 3.67. The maximum absolute atomic E-state index is 11.5. The van der Waals surface area contributed by atoms with Gasteiger partial charge in [-0.2, -0.15) is 0 Å². The highest BCUT2D eigenvalue weighted by atomic mass is 16.5. The zero-order chi connectivity index (χ0) is 16.2. The lowest BCUT2D eigenvalue weighted by Crippen LogP contribution is -2.41. The molecule has 0 saturated carbocycles. The summed E-state index contributed by atoms with van der Waals surface area (Å²) in [4.78, 5) is 14.0. The molecule has 0 aliphatic carbocycles. The predicted octanol–water partition coefficient (Wildman–Crippen LogP) is 1.80. The van der Waals surface area contributed by atoms with Crippen LogP contribution in [-0.2, 0) is 16.1 Å². The van der Waals surface area contributed by atoms with Crippen molar-refractivity contribution in [2.24, 2.45) is 17.6 Å². The van der Waals surface area contributed by atoms with Crippen molar-refractivity contribution in [2.75, 3.05) is 26.8 Å². The molecule has 3 rings (SSSR count). The summed E-state index contributed by atoms with van der Waals surface area (Å²) in [6.07, 6.45) is 2.93. The standard InChI is InChI=1S/C18H26N2O3/c1-22-16-5-3-2-4-14(16)12-20-9-6-13(7-10-20)17-15(18(19)21)8-11-23-17/h2-5,13,15,17H,6-12H2,1H3,(H2,19,21)/t15-,17+/m0/s1. The number of methoxy groups -OCH3 is 1. The van der Waals surface area contributed by atoms with Crippen molar-refractivity contribution in [2.45, 2.75) is 31.9 Å². The Bertz CT molecular complexity index is 541. The minimum atomic E-state index is -0.205. The van der Waals surface area contributed by atoms with E-state index in [9.17, 15) is 4.79 Å². The number of amides is 1. The first-order valence-electron chi connectivity index (χ1n) is 8.44. The van der Waals surface area contributed by atoms with Crippen LogP contribution in [0.25, 0.3) is 0 Å². The van der Waals surface area contributed by atoms with Gasteiger partial charge in [-0.25, -0.2) is 0 Å². The molecule has 2 N–H and O–H groups in total. The Hall–Kier alpha value is -1.59. The normalized spacial score (nSPS) is 26.3. The van der Waals surface area contributed by atoms with Gasteiger partial charge in [0.25, 0.3) is 0 Å². The fourth-order valence-electron chi connectivity index (χ4n) is 3.89. The molecule has 2 aliphatic rings. The number of carbonyl (C=O) groups is 1. The van der Waals surface area contributed by atoms with Gasteiger partial charge in [0.05, 0.1) is 19.1 Å². The van der Waals surface area contributed by atoms with Crippen LogP contribution in [0.1, 0.15) is 24.8 Å². The van der Waals surface area contributed by atoms with Gasteiger partial charge in [0, 0.05) is 18.7 Å². The van der Waals surface area contributed by atoms with Crippen LogP contribution in [0.4, 0.5) is 0 Å². The fourth-order valence-corrected chi connectivity index (χ4v) is 3.89. The summed E-state index contributed by atoms with van der Waals surface area (Å²) >= 11 is 0. The summed E-state index contributed by atoms with van der Waals surface area (Å²) in [5, 5.41) is 0. The van der Waals surface area contributed by atoms with Gasteiger partial charge in [0.1, 0.15) is 5.75 Å². The van der Waals surface area contributed by atoms with Crippen LogP contribution in [0.2, 0.25) is 0 Å². The van der Waals surface area contributed by atoms with Crippen LogP contribution >= 0.6 is 0 Å². The van der Waals surface area contributed by atoms with Crippen molar-refractivity contribution in [1.29, 1.82) is 0 Å². The molecule has 2 saturated heterocycles. The Morgan fingerprint density at radius 1 is 1.30 bits per heavy atom. The molecule has 5 heteroatoms. The van der Waals surface area contributed by atoms with E-state index in [0.717, 1.165) is 44.6 Å². The summed E-state index contributed by atoms with van der Waals surface area (Å²) < 4.78 is 11.2. The molecule has 2 fully saturated rings. The van der Waals surface area contributed by atoms with Gasteiger partial charge < -0.3 is 15.2 Å². The zero-order valence-electron chi connectivity index (χ0n) is 13.7. The van der Waals surface area contributed by atoms with Crippen LogP contribution in [0.3, 0.4) is 0 Å². The molecule has 0 aromatic heterocycles. The number of hydrogen-bond donors (Lipinski definition) is 1. The highest BCUT2D eigenvalue weighted by molar-refractivity contribution is 5.77. The maximum atomic E-state index is 11.5. The number of carbonyl (C=O) groups excluding carboxylic acids is 1. The maximum Gasteiger partial charge on any atom is 0.223 e. The molecular formula is C18H26N2O3. The first-order valence-corrected chi connectivity index (χ1v) is 8.44. The van der Waals surface area contributed by atoms with Crippen molar-refractivity contribution >= 4 is 5.91 Å². The zero-order valence-corrected chi connectivity index (χ0v) is 13.7. The summed E-state index contributed by atoms with van der Waals surface area (Å²) in [5.41, 5.74) is 6.74. The van der Waals surface area contributed by atoms with E-state index in [4.69, 9.17) is 15.2 Å². The molecule has 2 atom stereocenters. The molecule has 126 valence electrons. The molecule has 2 heterocycles. The van der Waals surface area contributed by atoms with Gasteiger partial charge in [-0.3, -0.25) is 9.69 Å². The molecular weight excluding hydrogens is 292 g/mol. The molecule has 1 aromatic carbocycles. The minimum Gasteiger partial charge on any atom is -0.496 e. The fraction of sp³-hybridized carbons (Fsp3) is 0.611. The lowest BCUT2D eigenvalue weighted by atomic mass is 9.84. The van der Waals surface area contributed by atoms with Crippen LogP contribution < -0.4 is 10.5 Å². The molecule has 5 nitrogen and oxygen atoms in total. The van der Waals surface area contributed by atoms with Crippen LogP contribution in [-0.4, -0.2) is 43.7 Å². The second kappa shape index (κ2) is 7.32. The Morgan fingerprint density at radius 2 is 2.04 bits per heavy atom. The number of hydrogen-bond acceptors (Lipinski definition) is 4. The SMILES string of the molecule is COc1ccccc1CN1CCC([C@H]2OCC[C@@H]2C(N)=O)CC1. The molecule has 0 bridgehead atoms. The smallest absolute Gasteiger partial charge is 0.223 e. The van der Waals surface area contributed by atoms with Gasteiger partial charge >= 0.3 is 0 Å². The van der Waals surface area contributed by atoms with E-state index < -0.39 is 0 Å². The molecule has 23 heavy (non-hydrogen) atoms. The average molecular weight is 318 g/mol. The van der Waals surface area contributed by atoms with Crippen molar-refractivity contribution in [1.82, 2.24) is 4.90 Å². The van der Waals surface area contributed by atoms with E-state index in [1.807, 2.05) is 12.1 Å². The Balaban J connectivity index is 1.55. The first kappa shape index (κ1) is 16.3. The monoisotopic (exact) mass is 318 g/mol. The van der Waals surface area contributed by atoms with Gasteiger partial charge in [-0.15, -0.1) is 0 Å². The molecule has 2 aliphatic heterocycles. The van der Waals surface area contributed by atoms with E-state index in [2.05, 4.69) is 17.0 Å². The lowest BCUT2D eigenvalue weighted by Gasteiger charge is -2.35. The predicted molar refractivity (Wildman–Crippen MR) is 88.0 cm³/mol. The largest absolute Gasteiger partial charge is 0.496 e. The number of benzene rings is 1. The first-order chi connectivity index (χ1) is 11.2. The summed E-state index contributed by atoms with van der Waals surface area (Å²) in [7, 11) is 1.71. The van der Waals surface area contributed by atoms with E-state index >= 15 is 0 Å². The van der Waals surface area contributed by atoms with Crippen LogP contribution in [0, 0.1) is 11.8 Å². The van der Waals surface area contributed by atoms with E-state index in [1.165, 1.54) is 5.56 Å². The Labute approximate surface area is 137 Å². The topological polar surface area (TPSA) is 64.8 Å². The molecule has 0 spiro atoms. The number of para-hydroxylation sites is 1. The van der Waals surface area contributed by atoms with E-state index in [-0.39, 0.29) is 17.9 Å². The van der Waals surface area contributed by atoms with Crippen molar-refractivity contribution in [3.05, 3.63) is 29.8 Å². The third-order valence-corrected chi connectivity index (χ3v) is 5.18. The van der Waals surface area contributed by atoms with Gasteiger partial charge in [0.2, 0.25) is 5.91 Å². The van der Waals surface area contributed by atoms with Crippen LogP contribution in [0.5, 0.6) is 5.75 Å². The van der Waals surface area contributed by atoms with E-state index in [1.54, 1.807) is 7.11 Å². The van der Waals surface area contributed by atoms with Gasteiger partial charge in [0.15, 0.2) is 0 Å². The third-order valence-electron chi connectivity index (χ3n) is 5.18. The quantitative estimate of drug-likeness (QED) is 0.899. The Kier molecular flexibility index (Phi) is 5.18. The van der Waals surface area contributed by atoms with Gasteiger partial charge in [-0.05, 0) is 44.3 Å². The average Bonchev–Trinajstić information content (AvgIpc) is 3.06. The molecule has 1 aromatic rings. The number of nitrogens with zero attached hydrogens (tertiary/aromatic N) is 1. The second-order valence-electron chi connectivity index (χ2n) is 6.56.